The number of hydrogen-bond donors (Lipinski definition) is 0. The van der Waals surface area contributed by atoms with Gasteiger partial charge in [0.05, 0.1) is 32.9 Å². The van der Waals surface area contributed by atoms with Crippen LogP contribution in [-0.2, 0) is 10.8 Å². The number of halogens is 1. The highest BCUT2D eigenvalue weighted by atomic mass is 79.9. The van der Waals surface area contributed by atoms with E-state index in [1.807, 2.05) is 0 Å². The van der Waals surface area contributed by atoms with Crippen molar-refractivity contribution >= 4 is 59.5 Å². The fraction of sp³-hybridized carbons (Fsp3) is 0.0250. The van der Waals surface area contributed by atoms with Gasteiger partial charge in [-0.2, -0.15) is 0 Å². The van der Waals surface area contributed by atoms with Gasteiger partial charge in [0.2, 0.25) is 0 Å². The van der Waals surface area contributed by atoms with Crippen LogP contribution < -0.4 is 0 Å². The average Bonchev–Trinajstić information content (AvgIpc) is 1.81. The third kappa shape index (κ3) is 7.41. The van der Waals surface area contributed by atoms with Crippen molar-refractivity contribution in [2.24, 2.45) is 0 Å². The molecular weight excluding hydrogens is 1070 g/mol. The highest BCUT2D eigenvalue weighted by molar-refractivity contribution is 9.10. The first-order chi connectivity index (χ1) is 41.1. The van der Waals surface area contributed by atoms with Gasteiger partial charge in [-0.1, -0.05) is 265 Å². The van der Waals surface area contributed by atoms with E-state index in [9.17, 15) is 0 Å². The summed E-state index contributed by atoms with van der Waals surface area (Å²) < 4.78 is 5.96. The van der Waals surface area contributed by atoms with Crippen LogP contribution in [0, 0.1) is 0 Å². The Morgan fingerprint density at radius 1 is 0.229 bits per heavy atom. The minimum absolute atomic E-state index is 0.293. The largest absolute Gasteiger partial charge is 0.309 e. The van der Waals surface area contributed by atoms with Crippen LogP contribution >= 0.6 is 15.9 Å². The van der Waals surface area contributed by atoms with E-state index in [4.69, 9.17) is 0 Å². The van der Waals surface area contributed by atoms with Gasteiger partial charge < -0.3 is 9.13 Å². The van der Waals surface area contributed by atoms with Gasteiger partial charge in [-0.05, 0) is 151 Å². The molecule has 0 unspecified atom stereocenters. The van der Waals surface area contributed by atoms with Crippen molar-refractivity contribution in [1.29, 1.82) is 0 Å². The molecule has 0 amide bonds. The Morgan fingerprint density at radius 2 is 0.578 bits per heavy atom. The van der Waals surface area contributed by atoms with E-state index >= 15 is 0 Å². The van der Waals surface area contributed by atoms with E-state index in [1.54, 1.807) is 0 Å². The molecule has 15 aromatic rings. The van der Waals surface area contributed by atoms with Crippen LogP contribution in [0.15, 0.2) is 326 Å². The lowest BCUT2D eigenvalue weighted by Gasteiger charge is -2.34. The zero-order valence-electron chi connectivity index (χ0n) is 45.4. The molecule has 83 heavy (non-hydrogen) atoms. The van der Waals surface area contributed by atoms with E-state index in [0.717, 1.165) is 10.2 Å². The Morgan fingerprint density at radius 3 is 1.05 bits per heavy atom. The zero-order valence-corrected chi connectivity index (χ0v) is 47.0. The molecule has 0 saturated heterocycles. The molecule has 17 rings (SSSR count). The number of hydrogen-bond acceptors (Lipinski definition) is 0. The maximum atomic E-state index is 3.71. The van der Waals surface area contributed by atoms with Crippen molar-refractivity contribution in [3.63, 3.8) is 0 Å². The van der Waals surface area contributed by atoms with Gasteiger partial charge in [0.1, 0.15) is 0 Å². The second-order valence-electron chi connectivity index (χ2n) is 22.0. The van der Waals surface area contributed by atoms with Gasteiger partial charge in [0.25, 0.3) is 0 Å². The summed E-state index contributed by atoms with van der Waals surface area (Å²) in [6.45, 7) is 0. The lowest BCUT2D eigenvalue weighted by molar-refractivity contribution is 0.767. The van der Waals surface area contributed by atoms with Crippen molar-refractivity contribution in [3.05, 3.63) is 370 Å². The second kappa shape index (κ2) is 19.6. The highest BCUT2D eigenvalue weighted by Gasteiger charge is 2.47. The summed E-state index contributed by atoms with van der Waals surface area (Å²) in [5.74, 6) is 0. The average molecular weight is 1120 g/mol. The molecule has 2 nitrogen and oxygen atoms in total. The Kier molecular flexibility index (Phi) is 11.5. The molecule has 2 aromatic heterocycles. The number of benzene rings is 13. The minimum Gasteiger partial charge on any atom is -0.309 e. The minimum atomic E-state index is -0.460. The molecule has 0 N–H and O–H groups in total. The first-order valence-corrected chi connectivity index (χ1v) is 29.4. The molecule has 390 valence electrons. The molecule has 0 spiro atoms. The van der Waals surface area contributed by atoms with Crippen LogP contribution in [0.4, 0.5) is 0 Å². The summed E-state index contributed by atoms with van der Waals surface area (Å²) in [5, 5.41) is 5.01. The van der Waals surface area contributed by atoms with Gasteiger partial charge in [-0.25, -0.2) is 0 Å². The van der Waals surface area contributed by atoms with Gasteiger partial charge in [0.15, 0.2) is 0 Å². The molecule has 2 heterocycles. The third-order valence-electron chi connectivity index (χ3n) is 17.8. The predicted molar refractivity (Wildman–Crippen MR) is 349 cm³/mol. The molecule has 2 aliphatic carbocycles. The molecule has 0 bridgehead atoms. The number of rotatable bonds is 7. The Balaban J connectivity index is 0.000000181. The van der Waals surface area contributed by atoms with E-state index in [-0.39, 0.29) is 5.41 Å². The van der Waals surface area contributed by atoms with Gasteiger partial charge in [0, 0.05) is 37.4 Å². The monoisotopic (exact) mass is 1120 g/mol. The van der Waals surface area contributed by atoms with Crippen LogP contribution in [0.25, 0.3) is 88.4 Å². The Labute approximate surface area is 491 Å². The standard InChI is InChI=1S/C55H36N2.C25H17Br/c1-4-16-39(17-5-1)55(40-18-6-2-7-19-40)49-25-13-10-22-43(49)44-31-30-42(36-50(44)55)57-52-27-15-12-24-46(52)48-35-38(29-33-54(48)57)37-28-32-53-47(34-37)45-23-11-14-26-51(45)56(53)41-20-8-3-9-21-41;26-20-15-16-22-21-13-7-8-14-23(21)25(24(22)17-20,18-9-3-1-4-10-18)19-11-5-2-6-12-19/h1-36H;1-17H. The molecule has 2 aliphatic rings. The van der Waals surface area contributed by atoms with Crippen LogP contribution in [0.2, 0.25) is 0 Å². The molecular formula is C80H53BrN2. The van der Waals surface area contributed by atoms with Crippen LogP contribution in [-0.4, -0.2) is 9.13 Å². The number of aromatic nitrogens is 2. The maximum absolute atomic E-state index is 3.71. The summed E-state index contributed by atoms with van der Waals surface area (Å²) in [6.07, 6.45) is 0. The van der Waals surface area contributed by atoms with E-state index in [2.05, 4.69) is 347 Å². The zero-order chi connectivity index (χ0) is 55.1. The number of fused-ring (bicyclic) bond motifs is 12. The maximum Gasteiger partial charge on any atom is 0.0714 e. The number of nitrogens with zero attached hydrogens (tertiary/aromatic N) is 2. The highest BCUT2D eigenvalue weighted by Crippen LogP contribution is 2.58. The normalized spacial score (nSPS) is 13.3. The van der Waals surface area contributed by atoms with Crippen molar-refractivity contribution in [1.82, 2.24) is 9.13 Å². The molecule has 0 fully saturated rings. The summed E-state index contributed by atoms with van der Waals surface area (Å²) in [7, 11) is 0. The fourth-order valence-corrected chi connectivity index (χ4v) is 14.8. The van der Waals surface area contributed by atoms with Crippen LogP contribution in [0.5, 0.6) is 0 Å². The van der Waals surface area contributed by atoms with Gasteiger partial charge in [-0.15, -0.1) is 0 Å². The predicted octanol–water partition coefficient (Wildman–Crippen LogP) is 20.7. The molecule has 3 heteroatoms. The van der Waals surface area contributed by atoms with Crippen molar-refractivity contribution in [2.45, 2.75) is 10.8 Å². The smallest absolute Gasteiger partial charge is 0.0714 e. The molecule has 0 atom stereocenters. The summed E-state index contributed by atoms with van der Waals surface area (Å²) in [4.78, 5) is 0. The van der Waals surface area contributed by atoms with Crippen molar-refractivity contribution < 1.29 is 0 Å². The van der Waals surface area contributed by atoms with Crippen molar-refractivity contribution in [3.8, 4) is 44.8 Å². The first-order valence-electron chi connectivity index (χ1n) is 28.6. The Bertz CT molecular complexity index is 4880. The summed E-state index contributed by atoms with van der Waals surface area (Å²) in [6, 6.07) is 118. The number of para-hydroxylation sites is 3. The third-order valence-corrected chi connectivity index (χ3v) is 18.3. The summed E-state index contributed by atoms with van der Waals surface area (Å²) in [5.41, 5.74) is 24.5. The molecule has 0 radical (unpaired) electrons. The van der Waals surface area contributed by atoms with Crippen LogP contribution in [0.1, 0.15) is 44.5 Å². The first kappa shape index (κ1) is 48.8. The van der Waals surface area contributed by atoms with Crippen LogP contribution in [0.3, 0.4) is 0 Å². The topological polar surface area (TPSA) is 9.86 Å². The molecule has 0 aliphatic heterocycles. The van der Waals surface area contributed by atoms with E-state index < -0.39 is 5.41 Å². The lowest BCUT2D eigenvalue weighted by Crippen LogP contribution is -2.28. The fourth-order valence-electron chi connectivity index (χ4n) is 14.4. The van der Waals surface area contributed by atoms with E-state index in [1.165, 1.54) is 127 Å². The SMILES string of the molecule is Brc1ccc2c(c1)C(c1ccccc1)(c1ccccc1)c1ccccc1-2.c1ccc(-n2c3ccccc3c3cc(-c4ccc5c(c4)c4ccccc4n5-c4ccc5c(c4)C(c4ccccc4)(c4ccccc4)c4ccccc4-5)ccc32)cc1. The Hall–Kier alpha value is -10.1. The summed E-state index contributed by atoms with van der Waals surface area (Å²) >= 11 is 3.71. The van der Waals surface area contributed by atoms with Gasteiger partial charge >= 0.3 is 0 Å². The quantitative estimate of drug-likeness (QED) is 0.151. The molecule has 0 saturated carbocycles. The van der Waals surface area contributed by atoms with E-state index in [0.29, 0.717) is 0 Å². The second-order valence-corrected chi connectivity index (χ2v) is 22.9. The van der Waals surface area contributed by atoms with Crippen molar-refractivity contribution in [2.75, 3.05) is 0 Å². The van der Waals surface area contributed by atoms with Gasteiger partial charge in [-0.3, -0.25) is 0 Å². The molecule has 13 aromatic carbocycles. The lowest BCUT2D eigenvalue weighted by atomic mass is 9.67.